The van der Waals surface area contributed by atoms with Crippen molar-refractivity contribution in [1.82, 2.24) is 0 Å². The first-order valence-electron chi connectivity index (χ1n) is 22.8. The van der Waals surface area contributed by atoms with E-state index in [4.69, 9.17) is 24.3 Å². The van der Waals surface area contributed by atoms with Crippen molar-refractivity contribution >= 4 is 19.8 Å². The van der Waals surface area contributed by atoms with Gasteiger partial charge < -0.3 is 20.1 Å². The van der Waals surface area contributed by atoms with Crippen LogP contribution in [0.2, 0.25) is 0 Å². The van der Waals surface area contributed by atoms with Crippen molar-refractivity contribution in [2.24, 2.45) is 5.73 Å². The number of rotatable bonds is 42. The summed E-state index contributed by atoms with van der Waals surface area (Å²) in [4.78, 5) is 34.9. The number of carbonyl (C=O) groups excluding carboxylic acids is 2. The van der Waals surface area contributed by atoms with E-state index < -0.39 is 32.5 Å². The molecule has 10 heteroatoms. The van der Waals surface area contributed by atoms with Crippen LogP contribution in [-0.4, -0.2) is 49.3 Å². The molecule has 0 spiro atoms. The summed E-state index contributed by atoms with van der Waals surface area (Å²) >= 11 is 0. The Hall–Kier alpha value is -2.29. The number of allylic oxidation sites excluding steroid dienone is 10. The Morgan fingerprint density at radius 2 is 0.912 bits per heavy atom. The van der Waals surface area contributed by atoms with E-state index in [0.717, 1.165) is 77.0 Å². The van der Waals surface area contributed by atoms with Crippen LogP contribution in [-0.2, 0) is 32.7 Å². The van der Waals surface area contributed by atoms with Crippen molar-refractivity contribution in [3.63, 3.8) is 0 Å². The SMILES string of the molecule is CCCCC/C=C\C/C=C\C/C=C\CCCCCCC(=O)O[C@H](COC(=O)CCCCCCCCCCC/C=C\C/C=C\CCCCC)COP(=O)(O)OCCN. The van der Waals surface area contributed by atoms with Gasteiger partial charge in [0.25, 0.3) is 0 Å². The first-order chi connectivity index (χ1) is 27.8. The third-order valence-electron chi connectivity index (χ3n) is 9.38. The Labute approximate surface area is 349 Å². The van der Waals surface area contributed by atoms with Gasteiger partial charge in [-0.15, -0.1) is 0 Å². The van der Waals surface area contributed by atoms with Crippen LogP contribution in [0.5, 0.6) is 0 Å². The molecule has 0 amide bonds. The predicted octanol–water partition coefficient (Wildman–Crippen LogP) is 13.3. The first kappa shape index (κ1) is 54.7. The maximum atomic E-state index is 12.6. The van der Waals surface area contributed by atoms with E-state index in [0.29, 0.717) is 6.42 Å². The molecule has 2 atom stereocenters. The topological polar surface area (TPSA) is 134 Å². The van der Waals surface area contributed by atoms with E-state index in [1.165, 1.54) is 83.5 Å². The molecule has 0 saturated heterocycles. The summed E-state index contributed by atoms with van der Waals surface area (Å²) in [5.41, 5.74) is 5.35. The molecule has 1 unspecified atom stereocenters. The molecule has 0 aliphatic carbocycles. The summed E-state index contributed by atoms with van der Waals surface area (Å²) < 4.78 is 32.8. The van der Waals surface area contributed by atoms with Gasteiger partial charge in [0.2, 0.25) is 0 Å². The monoisotopic (exact) mass is 822 g/mol. The molecule has 330 valence electrons. The molecule has 9 nitrogen and oxygen atoms in total. The number of hydrogen-bond acceptors (Lipinski definition) is 8. The second-order valence-electron chi connectivity index (χ2n) is 14.9. The normalized spacial score (nSPS) is 13.8. The standard InChI is InChI=1S/C47H84NO8P/c1-3-5-7-9-11-13-15-17-19-21-22-24-25-27-29-31-33-35-37-39-46(49)53-43-45(44-55-57(51,52)54-42-41-48)56-47(50)40-38-36-34-32-30-28-26-23-20-18-16-14-12-10-8-6-4-2/h11-14,17-20,26,28,45H,3-10,15-16,21-25,27,29-44,48H2,1-2H3,(H,51,52)/b13-11-,14-12-,19-17-,20-18-,28-26-/t45-/m1/s1. The number of esters is 2. The smallest absolute Gasteiger partial charge is 0.462 e. The van der Waals surface area contributed by atoms with Gasteiger partial charge in [0.05, 0.1) is 13.2 Å². The lowest BCUT2D eigenvalue weighted by Gasteiger charge is -2.19. The quantitative estimate of drug-likeness (QED) is 0.0267. The van der Waals surface area contributed by atoms with Crippen LogP contribution in [0.1, 0.15) is 194 Å². The number of carbonyl (C=O) groups is 2. The van der Waals surface area contributed by atoms with Crippen LogP contribution < -0.4 is 5.73 Å². The van der Waals surface area contributed by atoms with Gasteiger partial charge in [0.15, 0.2) is 6.10 Å². The zero-order valence-corrected chi connectivity index (χ0v) is 37.2. The Kier molecular flexibility index (Phi) is 41.6. The van der Waals surface area contributed by atoms with E-state index in [9.17, 15) is 19.0 Å². The second-order valence-corrected chi connectivity index (χ2v) is 16.4. The van der Waals surface area contributed by atoms with E-state index in [1.807, 2.05) is 0 Å². The molecule has 0 aromatic heterocycles. The molecule has 0 radical (unpaired) electrons. The van der Waals surface area contributed by atoms with Crippen molar-refractivity contribution in [2.75, 3.05) is 26.4 Å². The lowest BCUT2D eigenvalue weighted by Crippen LogP contribution is -2.29. The van der Waals surface area contributed by atoms with Crippen LogP contribution in [0.3, 0.4) is 0 Å². The zero-order valence-electron chi connectivity index (χ0n) is 36.3. The Balaban J connectivity index is 4.17. The molecule has 0 aliphatic heterocycles. The molecule has 3 N–H and O–H groups in total. The van der Waals surface area contributed by atoms with E-state index >= 15 is 0 Å². The number of hydrogen-bond donors (Lipinski definition) is 2. The van der Waals surface area contributed by atoms with E-state index in [1.54, 1.807) is 0 Å². The van der Waals surface area contributed by atoms with Crippen molar-refractivity contribution < 1.29 is 37.6 Å². The lowest BCUT2D eigenvalue weighted by molar-refractivity contribution is -0.161. The Morgan fingerprint density at radius 3 is 1.35 bits per heavy atom. The van der Waals surface area contributed by atoms with Gasteiger partial charge >= 0.3 is 19.8 Å². The third kappa shape index (κ3) is 43.1. The summed E-state index contributed by atoms with van der Waals surface area (Å²) in [6, 6.07) is 0. The molecule has 0 aromatic carbocycles. The number of phosphoric acid groups is 1. The Bertz CT molecular complexity index is 1120. The second kappa shape index (κ2) is 43.3. The van der Waals surface area contributed by atoms with Crippen molar-refractivity contribution in [3.8, 4) is 0 Å². The van der Waals surface area contributed by atoms with Crippen LogP contribution in [0.25, 0.3) is 0 Å². The lowest BCUT2D eigenvalue weighted by atomic mass is 10.1. The molecule has 0 aromatic rings. The molecule has 0 rings (SSSR count). The van der Waals surface area contributed by atoms with Crippen molar-refractivity contribution in [2.45, 2.75) is 200 Å². The van der Waals surface area contributed by atoms with E-state index in [-0.39, 0.29) is 32.6 Å². The molecule has 0 saturated carbocycles. The fourth-order valence-corrected chi connectivity index (χ4v) is 6.73. The summed E-state index contributed by atoms with van der Waals surface area (Å²) in [5, 5.41) is 0. The molecular formula is C47H84NO8P. The molecule has 0 bridgehead atoms. The zero-order chi connectivity index (χ0) is 41.8. The number of ether oxygens (including phenoxy) is 2. The van der Waals surface area contributed by atoms with Gasteiger partial charge in [-0.3, -0.25) is 18.6 Å². The molecular weight excluding hydrogens is 737 g/mol. The minimum Gasteiger partial charge on any atom is -0.462 e. The predicted molar refractivity (Wildman–Crippen MR) is 238 cm³/mol. The van der Waals surface area contributed by atoms with Crippen LogP contribution >= 0.6 is 7.82 Å². The van der Waals surface area contributed by atoms with Gasteiger partial charge in [-0.05, 0) is 83.5 Å². The fraction of sp³-hybridized carbons (Fsp3) is 0.745. The summed E-state index contributed by atoms with van der Waals surface area (Å²) in [6.07, 6.45) is 51.0. The first-order valence-corrected chi connectivity index (χ1v) is 24.3. The number of phosphoric ester groups is 1. The van der Waals surface area contributed by atoms with Crippen LogP contribution in [0, 0.1) is 0 Å². The highest BCUT2D eigenvalue weighted by molar-refractivity contribution is 7.47. The molecule has 0 fully saturated rings. The largest absolute Gasteiger partial charge is 0.472 e. The van der Waals surface area contributed by atoms with Crippen LogP contribution in [0.15, 0.2) is 60.8 Å². The highest BCUT2D eigenvalue weighted by Gasteiger charge is 2.26. The summed E-state index contributed by atoms with van der Waals surface area (Å²) in [7, 11) is -4.39. The summed E-state index contributed by atoms with van der Waals surface area (Å²) in [6.45, 7) is 3.65. The highest BCUT2D eigenvalue weighted by Crippen LogP contribution is 2.43. The van der Waals surface area contributed by atoms with Gasteiger partial charge in [-0.25, -0.2) is 4.57 Å². The van der Waals surface area contributed by atoms with Gasteiger partial charge in [-0.1, -0.05) is 158 Å². The average molecular weight is 822 g/mol. The van der Waals surface area contributed by atoms with E-state index in [2.05, 4.69) is 74.6 Å². The minimum absolute atomic E-state index is 0.0465. The average Bonchev–Trinajstić information content (AvgIpc) is 3.20. The van der Waals surface area contributed by atoms with Gasteiger partial charge in [-0.2, -0.15) is 0 Å². The fourth-order valence-electron chi connectivity index (χ4n) is 5.96. The molecule has 57 heavy (non-hydrogen) atoms. The number of nitrogens with two attached hydrogens (primary N) is 1. The maximum Gasteiger partial charge on any atom is 0.472 e. The van der Waals surface area contributed by atoms with Crippen molar-refractivity contribution in [1.29, 1.82) is 0 Å². The van der Waals surface area contributed by atoms with Crippen LogP contribution in [0.4, 0.5) is 0 Å². The Morgan fingerprint density at radius 1 is 0.526 bits per heavy atom. The number of unbranched alkanes of at least 4 members (excludes halogenated alkanes) is 19. The van der Waals surface area contributed by atoms with Crippen molar-refractivity contribution in [3.05, 3.63) is 60.8 Å². The summed E-state index contributed by atoms with van der Waals surface area (Å²) in [5.74, 6) is -0.860. The minimum atomic E-state index is -4.39. The molecule has 0 heterocycles. The maximum absolute atomic E-state index is 12.6. The third-order valence-corrected chi connectivity index (χ3v) is 10.4. The molecule has 0 aliphatic rings. The van der Waals surface area contributed by atoms with Gasteiger partial charge in [0, 0.05) is 19.4 Å². The highest BCUT2D eigenvalue weighted by atomic mass is 31.2. The van der Waals surface area contributed by atoms with Gasteiger partial charge in [0.1, 0.15) is 6.61 Å².